The van der Waals surface area contributed by atoms with E-state index in [4.69, 9.17) is 37.9 Å². The number of carbonyl (C=O) groups is 4. The lowest BCUT2D eigenvalue weighted by atomic mass is 10.1. The number of benzene rings is 4. The molecule has 4 rings (SSSR count). The van der Waals surface area contributed by atoms with Crippen LogP contribution in [0.2, 0.25) is 0 Å². The van der Waals surface area contributed by atoms with Crippen LogP contribution >= 0.6 is 0 Å². The molecule has 0 aliphatic heterocycles. The summed E-state index contributed by atoms with van der Waals surface area (Å²) in [5.74, 6) is 0.379. The van der Waals surface area contributed by atoms with Crippen LogP contribution in [0.15, 0.2) is 127 Å². The van der Waals surface area contributed by atoms with Crippen molar-refractivity contribution in [3.8, 4) is 28.7 Å². The van der Waals surface area contributed by atoms with E-state index >= 15 is 0 Å². The molecular weight excluding hydrogens is 748 g/mol. The monoisotopic (exact) mass is 792 g/mol. The average molecular weight is 793 g/mol. The summed E-state index contributed by atoms with van der Waals surface area (Å²) in [5, 5.41) is 8.16. The fraction of sp³-hybridized carbons (Fsp3) is 0.227. The third-order valence-electron chi connectivity index (χ3n) is 7.77. The van der Waals surface area contributed by atoms with Crippen molar-refractivity contribution in [1.82, 2.24) is 0 Å². The first-order valence-electron chi connectivity index (χ1n) is 18.2. The van der Waals surface area contributed by atoms with Crippen LogP contribution in [-0.4, -0.2) is 76.6 Å². The Bertz CT molecular complexity index is 2030. The molecule has 0 amide bonds. The van der Waals surface area contributed by atoms with Crippen molar-refractivity contribution in [2.45, 2.75) is 25.7 Å². The van der Waals surface area contributed by atoms with E-state index in [-0.39, 0.29) is 18.1 Å². The molecule has 0 N–H and O–H groups in total. The van der Waals surface area contributed by atoms with E-state index in [0.29, 0.717) is 91.8 Å². The lowest BCUT2D eigenvalue weighted by molar-refractivity contribution is -0.138. The van der Waals surface area contributed by atoms with Crippen LogP contribution in [0, 0.1) is 0 Å². The quantitative estimate of drug-likeness (QED) is 0.0101. The summed E-state index contributed by atoms with van der Waals surface area (Å²) in [6.07, 6.45) is 7.99. The second kappa shape index (κ2) is 24.3. The molecule has 0 aromatic heterocycles. The van der Waals surface area contributed by atoms with Gasteiger partial charge in [-0.2, -0.15) is 10.2 Å². The molecule has 302 valence electrons. The Morgan fingerprint density at radius 3 is 1.59 bits per heavy atom. The van der Waals surface area contributed by atoms with Crippen LogP contribution in [0.3, 0.4) is 0 Å². The van der Waals surface area contributed by atoms with Crippen LogP contribution in [-0.2, 0) is 23.8 Å². The molecule has 0 spiro atoms. The molecule has 14 heteroatoms. The summed E-state index contributed by atoms with van der Waals surface area (Å²) < 4.78 is 43.1. The van der Waals surface area contributed by atoms with Crippen molar-refractivity contribution >= 4 is 36.3 Å². The van der Waals surface area contributed by atoms with E-state index in [1.165, 1.54) is 19.5 Å². The van der Waals surface area contributed by atoms with E-state index in [0.717, 1.165) is 12.2 Å². The zero-order valence-electron chi connectivity index (χ0n) is 32.0. The number of methoxy groups -OCH3 is 1. The molecule has 0 saturated carbocycles. The number of unbranched alkanes of at least 4 members (excludes halogenated alkanes) is 2. The highest BCUT2D eigenvalue weighted by molar-refractivity contribution is 5.95. The average Bonchev–Trinajstić information content (AvgIpc) is 3.25. The van der Waals surface area contributed by atoms with Gasteiger partial charge in [-0.25, -0.2) is 19.2 Å². The highest BCUT2D eigenvalue weighted by Gasteiger charge is 2.14. The lowest BCUT2D eigenvalue weighted by Crippen LogP contribution is -2.10. The topological polar surface area (TPSA) is 167 Å². The molecule has 0 fully saturated rings. The predicted molar refractivity (Wildman–Crippen MR) is 215 cm³/mol. The number of ether oxygens (including phenoxy) is 8. The Labute approximate surface area is 336 Å². The van der Waals surface area contributed by atoms with Gasteiger partial charge in [0.05, 0.1) is 51.5 Å². The van der Waals surface area contributed by atoms with Crippen LogP contribution in [0.25, 0.3) is 0 Å². The van der Waals surface area contributed by atoms with Gasteiger partial charge in [0.25, 0.3) is 0 Å². The Kier molecular flexibility index (Phi) is 18.2. The molecule has 0 aliphatic rings. The van der Waals surface area contributed by atoms with Crippen molar-refractivity contribution < 1.29 is 57.1 Å². The minimum Gasteiger partial charge on any atom is -0.494 e. The van der Waals surface area contributed by atoms with Crippen LogP contribution < -0.4 is 23.7 Å². The summed E-state index contributed by atoms with van der Waals surface area (Å²) in [5.41, 5.74) is 1.81. The summed E-state index contributed by atoms with van der Waals surface area (Å²) in [6, 6.07) is 25.2. The Balaban J connectivity index is 1.19. The predicted octanol–water partition coefficient (Wildman–Crippen LogP) is 7.34. The standard InChI is InChI=1S/C44H44N2O12/c1-4-41(47)54-26-8-6-24-52-35-17-13-34(14-18-35)43(49)58-38-15-10-32(11-16-38)29-45-46-30-33-12-23-40(39(28-33)44(50)51-3)57-31-56-37-21-19-36(20-22-37)53-25-7-9-27-55-42(48)5-2/h4-5,10-23,28-30H,1-2,6-9,24-27,31H2,3H3/b45-29+,46-30+. The van der Waals surface area contributed by atoms with Crippen molar-refractivity contribution in [3.63, 3.8) is 0 Å². The van der Waals surface area contributed by atoms with Gasteiger partial charge >= 0.3 is 23.9 Å². The maximum Gasteiger partial charge on any atom is 0.343 e. The number of nitrogens with zero attached hydrogens (tertiary/aromatic N) is 2. The molecule has 14 nitrogen and oxygen atoms in total. The van der Waals surface area contributed by atoms with Gasteiger partial charge in [-0.1, -0.05) is 13.2 Å². The fourth-order valence-electron chi connectivity index (χ4n) is 4.74. The molecule has 0 atom stereocenters. The molecule has 0 unspecified atom stereocenters. The van der Waals surface area contributed by atoms with Gasteiger partial charge in [-0.15, -0.1) is 0 Å². The highest BCUT2D eigenvalue weighted by Crippen LogP contribution is 2.23. The number of hydrogen-bond acceptors (Lipinski definition) is 14. The van der Waals surface area contributed by atoms with Crippen molar-refractivity contribution in [2.24, 2.45) is 10.2 Å². The Morgan fingerprint density at radius 1 is 0.552 bits per heavy atom. The van der Waals surface area contributed by atoms with Gasteiger partial charge in [0.2, 0.25) is 6.79 Å². The third-order valence-corrected chi connectivity index (χ3v) is 7.77. The maximum atomic E-state index is 12.6. The van der Waals surface area contributed by atoms with Gasteiger partial charge < -0.3 is 37.9 Å². The molecule has 0 aliphatic carbocycles. The molecular formula is C44H44N2O12. The minimum atomic E-state index is -0.602. The molecule has 0 saturated heterocycles. The molecule has 58 heavy (non-hydrogen) atoms. The molecule has 0 heterocycles. The Hall–Kier alpha value is -7.22. The highest BCUT2D eigenvalue weighted by atomic mass is 16.7. The van der Waals surface area contributed by atoms with Crippen LogP contribution in [0.1, 0.15) is 57.5 Å². The second-order valence-electron chi connectivity index (χ2n) is 12.0. The first-order valence-corrected chi connectivity index (χ1v) is 18.2. The van der Waals surface area contributed by atoms with E-state index in [1.807, 2.05) is 0 Å². The smallest absolute Gasteiger partial charge is 0.343 e. The SMILES string of the molecule is C=CC(=O)OCCCCOc1ccc(OCOc2ccc(/C=N/N=C/c3ccc(OC(=O)c4ccc(OCCCCOC(=O)C=C)cc4)cc3)cc2C(=O)OC)cc1. The molecule has 4 aromatic carbocycles. The summed E-state index contributed by atoms with van der Waals surface area (Å²) in [4.78, 5) is 47.3. The van der Waals surface area contributed by atoms with Crippen LogP contribution in [0.5, 0.6) is 28.7 Å². The van der Waals surface area contributed by atoms with E-state index < -0.39 is 23.9 Å². The van der Waals surface area contributed by atoms with E-state index in [1.54, 1.807) is 91.0 Å². The van der Waals surface area contributed by atoms with Gasteiger partial charge in [-0.05, 0) is 128 Å². The zero-order chi connectivity index (χ0) is 41.4. The number of rotatable bonds is 24. The van der Waals surface area contributed by atoms with Crippen LogP contribution in [0.4, 0.5) is 0 Å². The third kappa shape index (κ3) is 15.5. The molecule has 4 aromatic rings. The maximum absolute atomic E-state index is 12.6. The number of carbonyl (C=O) groups excluding carboxylic acids is 4. The summed E-state index contributed by atoms with van der Waals surface area (Å²) in [7, 11) is 1.27. The van der Waals surface area contributed by atoms with Gasteiger partial charge in [0.1, 0.15) is 34.3 Å². The number of esters is 4. The fourth-order valence-corrected chi connectivity index (χ4v) is 4.74. The van der Waals surface area contributed by atoms with E-state index in [2.05, 4.69) is 23.4 Å². The van der Waals surface area contributed by atoms with Crippen molar-refractivity contribution in [3.05, 3.63) is 139 Å². The first kappa shape index (κ1) is 43.5. The minimum absolute atomic E-state index is 0.173. The summed E-state index contributed by atoms with van der Waals surface area (Å²) >= 11 is 0. The lowest BCUT2D eigenvalue weighted by Gasteiger charge is -2.12. The second-order valence-corrected chi connectivity index (χ2v) is 12.0. The van der Waals surface area contributed by atoms with E-state index in [9.17, 15) is 19.2 Å². The Morgan fingerprint density at radius 2 is 1.03 bits per heavy atom. The van der Waals surface area contributed by atoms with Gasteiger partial charge in [0.15, 0.2) is 0 Å². The largest absolute Gasteiger partial charge is 0.494 e. The van der Waals surface area contributed by atoms with Gasteiger partial charge in [0, 0.05) is 12.2 Å². The molecule has 0 bridgehead atoms. The van der Waals surface area contributed by atoms with Gasteiger partial charge in [-0.3, -0.25) is 0 Å². The molecule has 0 radical (unpaired) electrons. The summed E-state index contributed by atoms with van der Waals surface area (Å²) in [6.45, 7) is 8.04. The van der Waals surface area contributed by atoms with Crippen molar-refractivity contribution in [1.29, 1.82) is 0 Å². The van der Waals surface area contributed by atoms with Crippen molar-refractivity contribution in [2.75, 3.05) is 40.3 Å². The number of hydrogen-bond donors (Lipinski definition) is 0. The first-order chi connectivity index (χ1) is 28.3. The normalized spacial score (nSPS) is 10.7. The zero-order valence-corrected chi connectivity index (χ0v) is 32.0.